The third-order valence-corrected chi connectivity index (χ3v) is 2.49. The molecule has 104 valence electrons. The van der Waals surface area contributed by atoms with Crippen LogP contribution in [0, 0.1) is 11.3 Å². The SMILES string of the molecule is CC(C)(C)OCC(O)CNc1ccc(CC#N)cc1. The van der Waals surface area contributed by atoms with Gasteiger partial charge in [-0.25, -0.2) is 0 Å². The molecule has 0 saturated carbocycles. The lowest BCUT2D eigenvalue weighted by molar-refractivity contribution is -0.0449. The zero-order chi connectivity index (χ0) is 14.3. The van der Waals surface area contributed by atoms with Crippen molar-refractivity contribution < 1.29 is 9.84 Å². The van der Waals surface area contributed by atoms with Crippen molar-refractivity contribution in [2.24, 2.45) is 0 Å². The number of aliphatic hydroxyl groups is 1. The first-order chi connectivity index (χ1) is 8.90. The van der Waals surface area contributed by atoms with Crippen molar-refractivity contribution >= 4 is 5.69 Å². The molecular formula is C15H22N2O2. The van der Waals surface area contributed by atoms with Gasteiger partial charge < -0.3 is 15.2 Å². The molecule has 2 N–H and O–H groups in total. The van der Waals surface area contributed by atoms with Gasteiger partial charge in [0.05, 0.1) is 30.8 Å². The lowest BCUT2D eigenvalue weighted by atomic mass is 10.1. The lowest BCUT2D eigenvalue weighted by Crippen LogP contribution is -2.30. The Balaban J connectivity index is 2.34. The Kier molecular flexibility index (Phi) is 5.81. The van der Waals surface area contributed by atoms with Crippen LogP contribution >= 0.6 is 0 Å². The molecule has 4 heteroatoms. The van der Waals surface area contributed by atoms with Crippen LogP contribution in [0.15, 0.2) is 24.3 Å². The van der Waals surface area contributed by atoms with Crippen molar-refractivity contribution in [3.8, 4) is 6.07 Å². The molecule has 1 aromatic rings. The lowest BCUT2D eigenvalue weighted by Gasteiger charge is -2.22. The molecule has 0 aliphatic heterocycles. The van der Waals surface area contributed by atoms with E-state index in [0.717, 1.165) is 11.3 Å². The predicted molar refractivity (Wildman–Crippen MR) is 76.0 cm³/mol. The largest absolute Gasteiger partial charge is 0.389 e. The van der Waals surface area contributed by atoms with Crippen LogP contribution in [-0.4, -0.2) is 30.0 Å². The molecule has 0 bridgehead atoms. The first-order valence-electron chi connectivity index (χ1n) is 6.42. The number of anilines is 1. The van der Waals surface area contributed by atoms with E-state index in [2.05, 4.69) is 11.4 Å². The van der Waals surface area contributed by atoms with Crippen LogP contribution in [0.1, 0.15) is 26.3 Å². The number of benzene rings is 1. The number of hydrogen-bond donors (Lipinski definition) is 2. The summed E-state index contributed by atoms with van der Waals surface area (Å²) in [6.45, 7) is 6.62. The van der Waals surface area contributed by atoms with Gasteiger partial charge in [-0.15, -0.1) is 0 Å². The molecule has 1 aromatic carbocycles. The zero-order valence-corrected chi connectivity index (χ0v) is 11.8. The summed E-state index contributed by atoms with van der Waals surface area (Å²) < 4.78 is 5.50. The smallest absolute Gasteiger partial charge is 0.0945 e. The van der Waals surface area contributed by atoms with Crippen LogP contribution in [0.3, 0.4) is 0 Å². The maximum Gasteiger partial charge on any atom is 0.0945 e. The van der Waals surface area contributed by atoms with Gasteiger partial charge in [0.25, 0.3) is 0 Å². The highest BCUT2D eigenvalue weighted by Gasteiger charge is 2.13. The molecule has 0 heterocycles. The molecule has 1 rings (SSSR count). The minimum atomic E-state index is -0.544. The minimum absolute atomic E-state index is 0.236. The van der Waals surface area contributed by atoms with Gasteiger partial charge in [-0.1, -0.05) is 12.1 Å². The standard InChI is InChI=1S/C15H22N2O2/c1-15(2,3)19-11-14(18)10-17-13-6-4-12(5-7-13)8-9-16/h4-7,14,17-18H,8,10-11H2,1-3H3. The van der Waals surface area contributed by atoms with E-state index in [9.17, 15) is 5.11 Å². The van der Waals surface area contributed by atoms with Crippen molar-refractivity contribution in [1.29, 1.82) is 5.26 Å². The second-order valence-electron chi connectivity index (χ2n) is 5.49. The molecule has 4 nitrogen and oxygen atoms in total. The number of nitrogens with one attached hydrogen (secondary N) is 1. The number of ether oxygens (including phenoxy) is 1. The second-order valence-corrected chi connectivity index (χ2v) is 5.49. The molecule has 0 spiro atoms. The normalized spacial score (nSPS) is 12.8. The van der Waals surface area contributed by atoms with Crippen molar-refractivity contribution in [3.05, 3.63) is 29.8 Å². The van der Waals surface area contributed by atoms with Gasteiger partial charge in [-0.2, -0.15) is 5.26 Å². The first kappa shape index (κ1) is 15.5. The fraction of sp³-hybridized carbons (Fsp3) is 0.533. The van der Waals surface area contributed by atoms with Gasteiger partial charge in [-0.05, 0) is 38.5 Å². The third kappa shape index (κ3) is 6.80. The molecule has 0 saturated heterocycles. The number of nitrogens with zero attached hydrogens (tertiary/aromatic N) is 1. The van der Waals surface area contributed by atoms with Gasteiger partial charge in [0.15, 0.2) is 0 Å². The molecule has 0 fully saturated rings. The van der Waals surface area contributed by atoms with E-state index in [4.69, 9.17) is 10.00 Å². The Morgan fingerprint density at radius 2 is 1.95 bits per heavy atom. The van der Waals surface area contributed by atoms with E-state index in [1.54, 1.807) is 0 Å². The fourth-order valence-corrected chi connectivity index (χ4v) is 1.47. The highest BCUT2D eigenvalue weighted by Crippen LogP contribution is 2.11. The van der Waals surface area contributed by atoms with Crippen LogP contribution in [-0.2, 0) is 11.2 Å². The monoisotopic (exact) mass is 262 g/mol. The number of rotatable bonds is 6. The average Bonchev–Trinajstić information content (AvgIpc) is 2.35. The van der Waals surface area contributed by atoms with Gasteiger partial charge >= 0.3 is 0 Å². The highest BCUT2D eigenvalue weighted by molar-refractivity contribution is 5.45. The summed E-state index contributed by atoms with van der Waals surface area (Å²) in [7, 11) is 0. The van der Waals surface area contributed by atoms with Crippen LogP contribution in [0.4, 0.5) is 5.69 Å². The average molecular weight is 262 g/mol. The summed E-state index contributed by atoms with van der Waals surface area (Å²) in [5.41, 5.74) is 1.68. The van der Waals surface area contributed by atoms with E-state index in [0.29, 0.717) is 19.6 Å². The van der Waals surface area contributed by atoms with Gasteiger partial charge in [0.1, 0.15) is 0 Å². The van der Waals surface area contributed by atoms with Crippen LogP contribution in [0.25, 0.3) is 0 Å². The number of hydrogen-bond acceptors (Lipinski definition) is 4. The summed E-state index contributed by atoms with van der Waals surface area (Å²) in [6.07, 6.45) is -0.125. The van der Waals surface area contributed by atoms with Crippen LogP contribution < -0.4 is 5.32 Å². The van der Waals surface area contributed by atoms with Crippen molar-refractivity contribution in [3.63, 3.8) is 0 Å². The van der Waals surface area contributed by atoms with Crippen LogP contribution in [0.2, 0.25) is 0 Å². The topological polar surface area (TPSA) is 65.3 Å². The Morgan fingerprint density at radius 1 is 1.32 bits per heavy atom. The Morgan fingerprint density at radius 3 is 2.47 bits per heavy atom. The molecule has 1 unspecified atom stereocenters. The molecule has 0 amide bonds. The minimum Gasteiger partial charge on any atom is -0.389 e. The summed E-state index contributed by atoms with van der Waals surface area (Å²) >= 11 is 0. The van der Waals surface area contributed by atoms with E-state index < -0.39 is 6.10 Å². The molecule has 1 atom stereocenters. The van der Waals surface area contributed by atoms with Crippen molar-refractivity contribution in [2.75, 3.05) is 18.5 Å². The molecule has 0 aliphatic carbocycles. The first-order valence-corrected chi connectivity index (χ1v) is 6.42. The Hall–Kier alpha value is -1.57. The van der Waals surface area contributed by atoms with Crippen molar-refractivity contribution in [1.82, 2.24) is 0 Å². The maximum absolute atomic E-state index is 9.78. The van der Waals surface area contributed by atoms with Crippen molar-refractivity contribution in [2.45, 2.75) is 38.9 Å². The quantitative estimate of drug-likeness (QED) is 0.826. The summed E-state index contributed by atoms with van der Waals surface area (Å²) in [5, 5.41) is 21.5. The number of aliphatic hydroxyl groups excluding tert-OH is 1. The van der Waals surface area contributed by atoms with Gasteiger partial charge in [0.2, 0.25) is 0 Å². The fourth-order valence-electron chi connectivity index (χ4n) is 1.47. The van der Waals surface area contributed by atoms with E-state index in [-0.39, 0.29) is 5.60 Å². The van der Waals surface area contributed by atoms with E-state index >= 15 is 0 Å². The third-order valence-electron chi connectivity index (χ3n) is 2.49. The second kappa shape index (κ2) is 7.13. The van der Waals surface area contributed by atoms with E-state index in [1.807, 2.05) is 45.0 Å². The summed E-state index contributed by atoms with van der Waals surface area (Å²) in [6, 6.07) is 9.73. The van der Waals surface area contributed by atoms with Gasteiger partial charge in [0, 0.05) is 12.2 Å². The molecular weight excluding hydrogens is 240 g/mol. The molecule has 0 aliphatic rings. The molecule has 0 radical (unpaired) electrons. The molecule has 0 aromatic heterocycles. The Labute approximate surface area is 115 Å². The zero-order valence-electron chi connectivity index (χ0n) is 11.8. The molecule has 19 heavy (non-hydrogen) atoms. The summed E-state index contributed by atoms with van der Waals surface area (Å²) in [4.78, 5) is 0. The Bertz CT molecular complexity index is 415. The number of nitriles is 1. The predicted octanol–water partition coefficient (Wildman–Crippen LogP) is 2.34. The summed E-state index contributed by atoms with van der Waals surface area (Å²) in [5.74, 6) is 0. The maximum atomic E-state index is 9.78. The van der Waals surface area contributed by atoms with Gasteiger partial charge in [-0.3, -0.25) is 0 Å². The highest BCUT2D eigenvalue weighted by atomic mass is 16.5. The van der Waals surface area contributed by atoms with Crippen LogP contribution in [0.5, 0.6) is 0 Å². The van der Waals surface area contributed by atoms with E-state index in [1.165, 1.54) is 0 Å².